The van der Waals surface area contributed by atoms with Gasteiger partial charge in [0, 0.05) is 36.1 Å². The smallest absolute Gasteiger partial charge is 0.132 e. The van der Waals surface area contributed by atoms with Crippen molar-refractivity contribution in [3.05, 3.63) is 23.3 Å². The zero-order valence-electron chi connectivity index (χ0n) is 11.7. The van der Waals surface area contributed by atoms with Crippen molar-refractivity contribution in [2.24, 2.45) is 0 Å². The van der Waals surface area contributed by atoms with Crippen LogP contribution in [-0.4, -0.2) is 15.8 Å². The maximum atomic E-state index is 11.3. The second-order valence-corrected chi connectivity index (χ2v) is 6.09. The first-order valence-corrected chi connectivity index (χ1v) is 7.59. The fraction of sp³-hybridized carbons (Fsp3) is 0.688. The third kappa shape index (κ3) is 2.85. The van der Waals surface area contributed by atoms with Crippen molar-refractivity contribution in [1.82, 2.24) is 9.97 Å². The Hall–Kier alpha value is -1.25. The van der Waals surface area contributed by atoms with Crippen molar-refractivity contribution in [1.29, 1.82) is 0 Å². The van der Waals surface area contributed by atoms with Crippen molar-refractivity contribution in [3.63, 3.8) is 0 Å². The molecule has 3 heteroatoms. The molecule has 1 heterocycles. The predicted octanol–water partition coefficient (Wildman–Crippen LogP) is 3.67. The third-order valence-corrected chi connectivity index (χ3v) is 4.57. The summed E-state index contributed by atoms with van der Waals surface area (Å²) >= 11 is 0. The highest BCUT2D eigenvalue weighted by atomic mass is 16.1. The van der Waals surface area contributed by atoms with Crippen molar-refractivity contribution in [2.75, 3.05) is 0 Å². The molecule has 0 aromatic carbocycles. The number of aromatic nitrogens is 2. The van der Waals surface area contributed by atoms with Crippen LogP contribution in [0.15, 0.2) is 6.07 Å². The zero-order chi connectivity index (χ0) is 13.2. The predicted molar refractivity (Wildman–Crippen MR) is 74.2 cm³/mol. The summed E-state index contributed by atoms with van der Waals surface area (Å²) in [5.41, 5.74) is 2.33. The molecule has 0 radical (unpaired) electrons. The number of rotatable bonds is 2. The summed E-state index contributed by atoms with van der Waals surface area (Å²) in [4.78, 5) is 20.8. The zero-order valence-corrected chi connectivity index (χ0v) is 11.7. The van der Waals surface area contributed by atoms with Gasteiger partial charge < -0.3 is 0 Å². The van der Waals surface area contributed by atoms with E-state index in [0.29, 0.717) is 30.5 Å². The van der Waals surface area contributed by atoms with E-state index in [1.54, 1.807) is 0 Å². The minimum atomic E-state index is 0.401. The van der Waals surface area contributed by atoms with Crippen LogP contribution >= 0.6 is 0 Å². The monoisotopic (exact) mass is 258 g/mol. The van der Waals surface area contributed by atoms with Crippen molar-refractivity contribution in [2.45, 2.75) is 70.1 Å². The molecule has 0 bridgehead atoms. The van der Waals surface area contributed by atoms with Gasteiger partial charge in [-0.05, 0) is 38.7 Å². The van der Waals surface area contributed by atoms with Crippen LogP contribution < -0.4 is 0 Å². The van der Waals surface area contributed by atoms with Crippen LogP contribution in [0.1, 0.15) is 80.4 Å². The first kappa shape index (κ1) is 12.8. The molecule has 19 heavy (non-hydrogen) atoms. The molecule has 3 rings (SSSR count). The number of carbonyl (C=O) groups is 1. The lowest BCUT2D eigenvalue weighted by Crippen LogP contribution is -2.16. The van der Waals surface area contributed by atoms with Gasteiger partial charge in [-0.3, -0.25) is 4.79 Å². The molecule has 3 nitrogen and oxygen atoms in total. The van der Waals surface area contributed by atoms with Crippen molar-refractivity contribution < 1.29 is 4.79 Å². The molecular weight excluding hydrogens is 236 g/mol. The summed E-state index contributed by atoms with van der Waals surface area (Å²) in [6, 6.07) is 2.16. The summed E-state index contributed by atoms with van der Waals surface area (Å²) in [6.45, 7) is 2.07. The van der Waals surface area contributed by atoms with E-state index in [1.807, 2.05) is 0 Å². The van der Waals surface area contributed by atoms with Crippen LogP contribution in [-0.2, 0) is 4.79 Å². The van der Waals surface area contributed by atoms with E-state index >= 15 is 0 Å². The highest BCUT2D eigenvalue weighted by Crippen LogP contribution is 2.35. The first-order chi connectivity index (χ1) is 9.22. The number of hydrogen-bond donors (Lipinski definition) is 0. The molecule has 102 valence electrons. The van der Waals surface area contributed by atoms with Gasteiger partial charge in [0.1, 0.15) is 11.6 Å². The maximum absolute atomic E-state index is 11.3. The van der Waals surface area contributed by atoms with Gasteiger partial charge >= 0.3 is 0 Å². The van der Waals surface area contributed by atoms with Crippen LogP contribution in [0.2, 0.25) is 0 Å². The summed E-state index contributed by atoms with van der Waals surface area (Å²) in [6.07, 6.45) is 8.51. The number of carbonyl (C=O) groups excluding carboxylic acids is 1. The Bertz CT molecular complexity index is 468. The van der Waals surface area contributed by atoms with E-state index in [2.05, 4.69) is 18.0 Å². The Morgan fingerprint density at radius 2 is 1.68 bits per heavy atom. The van der Waals surface area contributed by atoms with Gasteiger partial charge in [-0.2, -0.15) is 0 Å². The molecular formula is C16H22N2O. The minimum Gasteiger partial charge on any atom is -0.300 e. The van der Waals surface area contributed by atoms with Crippen molar-refractivity contribution in [3.8, 4) is 0 Å². The van der Waals surface area contributed by atoms with Crippen LogP contribution in [0.25, 0.3) is 0 Å². The molecule has 0 aliphatic heterocycles. The molecule has 0 unspecified atom stereocenters. The molecule has 1 aromatic heterocycles. The van der Waals surface area contributed by atoms with E-state index in [-0.39, 0.29) is 0 Å². The van der Waals surface area contributed by atoms with Crippen LogP contribution in [0, 0.1) is 6.92 Å². The molecule has 2 aliphatic rings. The van der Waals surface area contributed by atoms with E-state index < -0.39 is 0 Å². The third-order valence-electron chi connectivity index (χ3n) is 4.57. The molecule has 0 spiro atoms. The molecule has 2 aliphatic carbocycles. The lowest BCUT2D eigenvalue weighted by molar-refractivity contribution is -0.120. The summed E-state index contributed by atoms with van der Waals surface area (Å²) in [5.74, 6) is 2.44. The molecule has 2 saturated carbocycles. The highest BCUT2D eigenvalue weighted by Gasteiger charge is 2.25. The Kier molecular flexibility index (Phi) is 3.63. The molecule has 0 amide bonds. The average Bonchev–Trinajstić information content (AvgIpc) is 2.93. The Labute approximate surface area is 114 Å². The quantitative estimate of drug-likeness (QED) is 0.813. The average molecular weight is 258 g/mol. The van der Waals surface area contributed by atoms with E-state index in [1.165, 1.54) is 31.4 Å². The van der Waals surface area contributed by atoms with Gasteiger partial charge in [-0.1, -0.05) is 12.8 Å². The Morgan fingerprint density at radius 3 is 2.37 bits per heavy atom. The molecule has 0 saturated heterocycles. The van der Waals surface area contributed by atoms with Gasteiger partial charge in [0.25, 0.3) is 0 Å². The number of ketones is 1. The minimum absolute atomic E-state index is 0.401. The summed E-state index contributed by atoms with van der Waals surface area (Å²) in [7, 11) is 0. The van der Waals surface area contributed by atoms with Crippen LogP contribution in [0.5, 0.6) is 0 Å². The number of aryl methyl sites for hydroxylation is 1. The Morgan fingerprint density at radius 1 is 1.00 bits per heavy atom. The van der Waals surface area contributed by atoms with Gasteiger partial charge in [0.15, 0.2) is 0 Å². The standard InChI is InChI=1S/C16H22N2O/c1-11-10-15(12-4-2-3-5-12)18-16(17-11)13-6-8-14(19)9-7-13/h10,12-13H,2-9H2,1H3. The topological polar surface area (TPSA) is 42.9 Å². The maximum Gasteiger partial charge on any atom is 0.132 e. The fourth-order valence-electron chi connectivity index (χ4n) is 3.43. The lowest BCUT2D eigenvalue weighted by atomic mass is 9.87. The Balaban J connectivity index is 1.82. The molecule has 1 aromatic rings. The largest absolute Gasteiger partial charge is 0.300 e. The molecule has 0 N–H and O–H groups in total. The van der Waals surface area contributed by atoms with Crippen LogP contribution in [0.4, 0.5) is 0 Å². The van der Waals surface area contributed by atoms with Crippen LogP contribution in [0.3, 0.4) is 0 Å². The second-order valence-electron chi connectivity index (χ2n) is 6.09. The van der Waals surface area contributed by atoms with Gasteiger partial charge in [-0.15, -0.1) is 0 Å². The fourth-order valence-corrected chi connectivity index (χ4v) is 3.43. The van der Waals surface area contributed by atoms with E-state index in [0.717, 1.165) is 24.4 Å². The normalized spacial score (nSPS) is 22.1. The van der Waals surface area contributed by atoms with Gasteiger partial charge in [-0.25, -0.2) is 9.97 Å². The highest BCUT2D eigenvalue weighted by molar-refractivity contribution is 5.79. The van der Waals surface area contributed by atoms with E-state index in [9.17, 15) is 4.79 Å². The van der Waals surface area contributed by atoms with E-state index in [4.69, 9.17) is 4.98 Å². The number of Topliss-reactive ketones (excluding diaryl/α,β-unsaturated/α-hetero) is 1. The summed E-state index contributed by atoms with van der Waals surface area (Å²) < 4.78 is 0. The first-order valence-electron chi connectivity index (χ1n) is 7.59. The van der Waals surface area contributed by atoms with Gasteiger partial charge in [0.2, 0.25) is 0 Å². The van der Waals surface area contributed by atoms with Crippen molar-refractivity contribution >= 4 is 5.78 Å². The number of nitrogens with zero attached hydrogens (tertiary/aromatic N) is 2. The SMILES string of the molecule is Cc1cc(C2CCCC2)nc(C2CCC(=O)CC2)n1. The second kappa shape index (κ2) is 5.40. The molecule has 0 atom stereocenters. The summed E-state index contributed by atoms with van der Waals surface area (Å²) in [5, 5.41) is 0. The van der Waals surface area contributed by atoms with Gasteiger partial charge in [0.05, 0.1) is 0 Å². The molecule has 2 fully saturated rings. The lowest BCUT2D eigenvalue weighted by Gasteiger charge is -2.21. The number of hydrogen-bond acceptors (Lipinski definition) is 3.